The van der Waals surface area contributed by atoms with Crippen LogP contribution in [0.4, 0.5) is 0 Å². The fourth-order valence-electron chi connectivity index (χ4n) is 0.347. The van der Waals surface area contributed by atoms with Crippen LogP contribution in [0.2, 0.25) is 0 Å². The molecule has 54 valence electrons. The predicted octanol–water partition coefficient (Wildman–Crippen LogP) is 1.10. The normalized spacial score (nSPS) is 9.00. The highest BCUT2D eigenvalue weighted by atomic mass is 35.5. The molecule has 0 aromatic rings. The SMILES string of the molecule is C=CC(=O)C(Cl)C(=O)C=C. The minimum atomic E-state index is -1.14. The topological polar surface area (TPSA) is 34.1 Å². The van der Waals surface area contributed by atoms with Crippen LogP contribution in [0.1, 0.15) is 0 Å². The fourth-order valence-corrected chi connectivity index (χ4v) is 0.525. The van der Waals surface area contributed by atoms with Crippen molar-refractivity contribution in [1.29, 1.82) is 0 Å². The van der Waals surface area contributed by atoms with E-state index in [0.717, 1.165) is 12.2 Å². The molecule has 0 aliphatic heterocycles. The van der Waals surface area contributed by atoms with E-state index in [-0.39, 0.29) is 0 Å². The molecule has 0 aliphatic rings. The fraction of sp³-hybridized carbons (Fsp3) is 0.143. The van der Waals surface area contributed by atoms with Crippen LogP contribution in [-0.2, 0) is 9.59 Å². The molecule has 0 spiro atoms. The molecule has 0 bridgehead atoms. The summed E-state index contributed by atoms with van der Waals surface area (Å²) in [5.74, 6) is -0.988. The molecular formula is C7H7ClO2. The van der Waals surface area contributed by atoms with Crippen molar-refractivity contribution in [2.75, 3.05) is 0 Å². The van der Waals surface area contributed by atoms with E-state index < -0.39 is 16.9 Å². The van der Waals surface area contributed by atoms with Gasteiger partial charge >= 0.3 is 0 Å². The van der Waals surface area contributed by atoms with Crippen LogP contribution < -0.4 is 0 Å². The third kappa shape index (κ3) is 2.15. The van der Waals surface area contributed by atoms with Crippen molar-refractivity contribution in [3.8, 4) is 0 Å². The Morgan fingerprint density at radius 2 is 1.50 bits per heavy atom. The van der Waals surface area contributed by atoms with Gasteiger partial charge in [0.2, 0.25) is 0 Å². The van der Waals surface area contributed by atoms with Crippen LogP contribution >= 0.6 is 11.6 Å². The summed E-state index contributed by atoms with van der Waals surface area (Å²) in [6.07, 6.45) is 2.03. The number of carbonyl (C=O) groups excluding carboxylic acids is 2. The first-order valence-corrected chi connectivity index (χ1v) is 3.03. The summed E-state index contributed by atoms with van der Waals surface area (Å²) >= 11 is 5.34. The predicted molar refractivity (Wildman–Crippen MR) is 40.0 cm³/mol. The van der Waals surface area contributed by atoms with Gasteiger partial charge in [0.1, 0.15) is 0 Å². The Hall–Kier alpha value is -0.890. The lowest BCUT2D eigenvalue weighted by molar-refractivity contribution is -0.121. The quantitative estimate of drug-likeness (QED) is 0.349. The van der Waals surface area contributed by atoms with Crippen LogP contribution in [-0.4, -0.2) is 16.9 Å². The second-order valence-corrected chi connectivity index (χ2v) is 2.01. The van der Waals surface area contributed by atoms with E-state index >= 15 is 0 Å². The number of allylic oxidation sites excluding steroid dienone is 2. The van der Waals surface area contributed by atoms with Gasteiger partial charge in [-0.3, -0.25) is 9.59 Å². The maximum absolute atomic E-state index is 10.6. The van der Waals surface area contributed by atoms with E-state index in [4.69, 9.17) is 11.6 Å². The van der Waals surface area contributed by atoms with Crippen molar-refractivity contribution in [2.24, 2.45) is 0 Å². The molecule has 2 nitrogen and oxygen atoms in total. The van der Waals surface area contributed by atoms with Crippen LogP contribution in [0.5, 0.6) is 0 Å². The molecule has 3 heteroatoms. The van der Waals surface area contributed by atoms with E-state index in [1.807, 2.05) is 0 Å². The molecule has 0 radical (unpaired) electrons. The first-order valence-electron chi connectivity index (χ1n) is 2.60. The van der Waals surface area contributed by atoms with E-state index in [9.17, 15) is 9.59 Å². The Bertz CT molecular complexity index is 164. The summed E-state index contributed by atoms with van der Waals surface area (Å²) < 4.78 is 0. The largest absolute Gasteiger partial charge is 0.293 e. The summed E-state index contributed by atoms with van der Waals surface area (Å²) in [7, 11) is 0. The molecule has 0 N–H and O–H groups in total. The second kappa shape index (κ2) is 4.01. The monoisotopic (exact) mass is 158 g/mol. The minimum Gasteiger partial charge on any atom is -0.293 e. The van der Waals surface area contributed by atoms with E-state index in [1.54, 1.807) is 0 Å². The molecule has 0 heterocycles. The molecule has 0 atom stereocenters. The lowest BCUT2D eigenvalue weighted by Gasteiger charge is -1.97. The Morgan fingerprint density at radius 3 is 1.70 bits per heavy atom. The van der Waals surface area contributed by atoms with E-state index in [1.165, 1.54) is 0 Å². The van der Waals surface area contributed by atoms with Crippen molar-refractivity contribution in [3.05, 3.63) is 25.3 Å². The van der Waals surface area contributed by atoms with Gasteiger partial charge in [-0.05, 0) is 12.2 Å². The van der Waals surface area contributed by atoms with Gasteiger partial charge in [-0.2, -0.15) is 0 Å². The van der Waals surface area contributed by atoms with Gasteiger partial charge in [0, 0.05) is 0 Å². The number of rotatable bonds is 4. The van der Waals surface area contributed by atoms with Crippen LogP contribution in [0.25, 0.3) is 0 Å². The highest BCUT2D eigenvalue weighted by molar-refractivity contribution is 6.44. The first-order chi connectivity index (χ1) is 4.63. The van der Waals surface area contributed by atoms with Gasteiger partial charge in [-0.15, -0.1) is 11.6 Å². The molecule has 0 fully saturated rings. The third-order valence-electron chi connectivity index (χ3n) is 0.902. The average molecular weight is 159 g/mol. The minimum absolute atomic E-state index is 0.494. The molecule has 0 rings (SSSR count). The number of hydrogen-bond donors (Lipinski definition) is 0. The summed E-state index contributed by atoms with van der Waals surface area (Å²) in [6.45, 7) is 6.36. The van der Waals surface area contributed by atoms with Gasteiger partial charge in [-0.1, -0.05) is 13.2 Å². The standard InChI is InChI=1S/C7H7ClO2/c1-3-5(9)7(8)6(10)4-2/h3-4,7H,1-2H2. The van der Waals surface area contributed by atoms with Gasteiger partial charge in [-0.25, -0.2) is 0 Å². The Labute approximate surface area is 64.2 Å². The highest BCUT2D eigenvalue weighted by Crippen LogP contribution is 2.00. The smallest absolute Gasteiger partial charge is 0.180 e. The molecule has 0 aromatic heterocycles. The third-order valence-corrected chi connectivity index (χ3v) is 1.33. The maximum Gasteiger partial charge on any atom is 0.180 e. The van der Waals surface area contributed by atoms with Gasteiger partial charge in [0.05, 0.1) is 0 Å². The van der Waals surface area contributed by atoms with Crippen molar-refractivity contribution < 1.29 is 9.59 Å². The van der Waals surface area contributed by atoms with Crippen LogP contribution in [0.15, 0.2) is 25.3 Å². The molecule has 0 amide bonds. The first kappa shape index (κ1) is 9.11. The molecule has 0 saturated carbocycles. The molecule has 10 heavy (non-hydrogen) atoms. The number of ketones is 2. The molecule has 0 aliphatic carbocycles. The maximum atomic E-state index is 10.6. The van der Waals surface area contributed by atoms with Crippen LogP contribution in [0.3, 0.4) is 0 Å². The lowest BCUT2D eigenvalue weighted by atomic mass is 10.2. The Kier molecular flexibility index (Phi) is 3.65. The molecule has 0 unspecified atom stereocenters. The van der Waals surface area contributed by atoms with E-state index in [0.29, 0.717) is 0 Å². The molecular weight excluding hydrogens is 152 g/mol. The van der Waals surface area contributed by atoms with E-state index in [2.05, 4.69) is 13.2 Å². The summed E-state index contributed by atoms with van der Waals surface area (Å²) in [5, 5.41) is -1.14. The van der Waals surface area contributed by atoms with Crippen LogP contribution in [0, 0.1) is 0 Å². The zero-order valence-corrected chi connectivity index (χ0v) is 6.10. The van der Waals surface area contributed by atoms with Gasteiger partial charge < -0.3 is 0 Å². The van der Waals surface area contributed by atoms with Crippen molar-refractivity contribution in [2.45, 2.75) is 5.38 Å². The Morgan fingerprint density at radius 1 is 1.20 bits per heavy atom. The second-order valence-electron chi connectivity index (χ2n) is 1.58. The lowest BCUT2D eigenvalue weighted by Crippen LogP contribution is -2.20. The van der Waals surface area contributed by atoms with Crippen molar-refractivity contribution in [1.82, 2.24) is 0 Å². The van der Waals surface area contributed by atoms with Gasteiger partial charge in [0.25, 0.3) is 0 Å². The Balaban J connectivity index is 4.20. The van der Waals surface area contributed by atoms with Crippen molar-refractivity contribution >= 4 is 23.2 Å². The number of hydrogen-bond acceptors (Lipinski definition) is 2. The zero-order chi connectivity index (χ0) is 8.15. The molecule has 0 saturated heterocycles. The number of halogens is 1. The van der Waals surface area contributed by atoms with Gasteiger partial charge in [0.15, 0.2) is 16.9 Å². The number of alkyl halides is 1. The zero-order valence-electron chi connectivity index (χ0n) is 5.34. The highest BCUT2D eigenvalue weighted by Gasteiger charge is 2.17. The molecule has 0 aromatic carbocycles. The number of carbonyl (C=O) groups is 2. The summed E-state index contributed by atoms with van der Waals surface area (Å²) in [5.41, 5.74) is 0. The summed E-state index contributed by atoms with van der Waals surface area (Å²) in [4.78, 5) is 21.2. The summed E-state index contributed by atoms with van der Waals surface area (Å²) in [6, 6.07) is 0. The average Bonchev–Trinajstić information content (AvgIpc) is 2.00. The van der Waals surface area contributed by atoms with Crippen molar-refractivity contribution in [3.63, 3.8) is 0 Å².